The molecule has 1 aromatic carbocycles. The maximum Gasteiger partial charge on any atom is 0.126 e. The number of hydrogen-bond donors (Lipinski definition) is 1. The van der Waals surface area contributed by atoms with Crippen LogP contribution in [0.2, 0.25) is 0 Å². The lowest BCUT2D eigenvalue weighted by Crippen LogP contribution is -1.81. The highest BCUT2D eigenvalue weighted by atomic mass is 19.1. The van der Waals surface area contributed by atoms with E-state index >= 15 is 0 Å². The summed E-state index contributed by atoms with van der Waals surface area (Å²) in [6.45, 7) is 1.78. The number of aliphatic hydroxyl groups excluding tert-OH is 1. The molecule has 0 saturated heterocycles. The van der Waals surface area contributed by atoms with Gasteiger partial charge in [-0.3, -0.25) is 0 Å². The van der Waals surface area contributed by atoms with Crippen LogP contribution in [0.1, 0.15) is 11.1 Å². The Labute approximate surface area is 95.2 Å². The second-order valence-electron chi connectivity index (χ2n) is 3.36. The van der Waals surface area contributed by atoms with E-state index in [1.54, 1.807) is 31.2 Å². The first kappa shape index (κ1) is 12.4. The Morgan fingerprint density at radius 1 is 1.19 bits per heavy atom. The van der Waals surface area contributed by atoms with Gasteiger partial charge in [0.15, 0.2) is 0 Å². The minimum atomic E-state index is -0.189. The third-order valence-electron chi connectivity index (χ3n) is 2.06. The number of benzene rings is 1. The second kappa shape index (κ2) is 6.75. The smallest absolute Gasteiger partial charge is 0.126 e. The second-order valence-corrected chi connectivity index (χ2v) is 3.36. The van der Waals surface area contributed by atoms with Gasteiger partial charge in [0.05, 0.1) is 6.61 Å². The topological polar surface area (TPSA) is 20.2 Å². The summed E-state index contributed by atoms with van der Waals surface area (Å²) in [5.74, 6) is -0.189. The molecule has 0 atom stereocenters. The van der Waals surface area contributed by atoms with Crippen molar-refractivity contribution >= 4 is 6.08 Å². The number of allylic oxidation sites excluding steroid dienone is 4. The van der Waals surface area contributed by atoms with E-state index in [0.717, 1.165) is 5.56 Å². The highest BCUT2D eigenvalue weighted by Crippen LogP contribution is 2.10. The number of aliphatic hydroxyl groups is 1. The van der Waals surface area contributed by atoms with Gasteiger partial charge < -0.3 is 5.11 Å². The molecule has 0 fully saturated rings. The van der Waals surface area contributed by atoms with Gasteiger partial charge in [0.25, 0.3) is 0 Å². The van der Waals surface area contributed by atoms with Crippen LogP contribution in [0, 0.1) is 12.7 Å². The maximum absolute atomic E-state index is 13.2. The Bertz CT molecular complexity index is 417. The standard InChI is InChI=1S/C14H15FO/c1-12-8-9-13(11-14(12)15)7-5-3-2-4-6-10-16/h2-9,11,16H,10H2,1H3/b3-2+,6-4+,7-5?. The molecule has 0 unspecified atom stereocenters. The van der Waals surface area contributed by atoms with Gasteiger partial charge in [-0.15, -0.1) is 0 Å². The first-order valence-electron chi connectivity index (χ1n) is 5.11. The molecule has 0 heterocycles. The zero-order chi connectivity index (χ0) is 11.8. The van der Waals surface area contributed by atoms with E-state index in [-0.39, 0.29) is 12.4 Å². The fraction of sp³-hybridized carbons (Fsp3) is 0.143. The van der Waals surface area contributed by atoms with Crippen molar-refractivity contribution in [3.05, 3.63) is 65.5 Å². The van der Waals surface area contributed by atoms with Crippen molar-refractivity contribution in [3.63, 3.8) is 0 Å². The molecule has 0 aromatic heterocycles. The summed E-state index contributed by atoms with van der Waals surface area (Å²) in [4.78, 5) is 0. The number of halogens is 1. The van der Waals surface area contributed by atoms with Crippen molar-refractivity contribution in [1.29, 1.82) is 0 Å². The van der Waals surface area contributed by atoms with Crippen LogP contribution in [0.15, 0.2) is 48.6 Å². The molecular weight excluding hydrogens is 203 g/mol. The van der Waals surface area contributed by atoms with E-state index in [9.17, 15) is 4.39 Å². The zero-order valence-corrected chi connectivity index (χ0v) is 9.23. The highest BCUT2D eigenvalue weighted by molar-refractivity contribution is 5.51. The van der Waals surface area contributed by atoms with Gasteiger partial charge in [-0.25, -0.2) is 4.39 Å². The molecule has 0 aliphatic rings. The van der Waals surface area contributed by atoms with E-state index < -0.39 is 0 Å². The molecule has 0 spiro atoms. The quantitative estimate of drug-likeness (QED) is 0.769. The molecule has 1 rings (SSSR count). The molecule has 1 N–H and O–H groups in total. The van der Waals surface area contributed by atoms with Crippen molar-refractivity contribution in [3.8, 4) is 0 Å². The Kier molecular flexibility index (Phi) is 5.23. The summed E-state index contributed by atoms with van der Waals surface area (Å²) in [7, 11) is 0. The molecule has 2 heteroatoms. The Morgan fingerprint density at radius 3 is 2.62 bits per heavy atom. The summed E-state index contributed by atoms with van der Waals surface area (Å²) >= 11 is 0. The third kappa shape index (κ3) is 4.24. The van der Waals surface area contributed by atoms with Gasteiger partial charge in [0.2, 0.25) is 0 Å². The highest BCUT2D eigenvalue weighted by Gasteiger charge is 1.95. The molecule has 84 valence electrons. The van der Waals surface area contributed by atoms with Gasteiger partial charge in [-0.2, -0.15) is 0 Å². The minimum Gasteiger partial charge on any atom is -0.392 e. The Morgan fingerprint density at radius 2 is 1.94 bits per heavy atom. The van der Waals surface area contributed by atoms with Gasteiger partial charge in [-0.05, 0) is 24.1 Å². The minimum absolute atomic E-state index is 0.0389. The molecule has 1 nitrogen and oxygen atoms in total. The predicted molar refractivity (Wildman–Crippen MR) is 65.5 cm³/mol. The average molecular weight is 218 g/mol. The first-order chi connectivity index (χ1) is 7.74. The van der Waals surface area contributed by atoms with E-state index in [2.05, 4.69) is 0 Å². The first-order valence-corrected chi connectivity index (χ1v) is 5.11. The average Bonchev–Trinajstić information content (AvgIpc) is 2.28. The summed E-state index contributed by atoms with van der Waals surface area (Å²) in [6.07, 6.45) is 10.7. The number of aryl methyl sites for hydroxylation is 1. The normalized spacial score (nSPS) is 12.2. The van der Waals surface area contributed by atoms with Gasteiger partial charge in [0, 0.05) is 0 Å². The van der Waals surface area contributed by atoms with Crippen LogP contribution < -0.4 is 0 Å². The summed E-state index contributed by atoms with van der Waals surface area (Å²) < 4.78 is 13.2. The van der Waals surface area contributed by atoms with Gasteiger partial charge in [-0.1, -0.05) is 48.6 Å². The molecule has 0 radical (unpaired) electrons. The summed E-state index contributed by atoms with van der Waals surface area (Å²) in [5, 5.41) is 8.48. The zero-order valence-electron chi connectivity index (χ0n) is 9.23. The molecule has 0 amide bonds. The van der Waals surface area contributed by atoms with Gasteiger partial charge in [0.1, 0.15) is 5.82 Å². The Balaban J connectivity index is 2.59. The van der Waals surface area contributed by atoms with Crippen LogP contribution in [-0.2, 0) is 0 Å². The maximum atomic E-state index is 13.2. The molecular formula is C14H15FO. The van der Waals surface area contributed by atoms with E-state index in [4.69, 9.17) is 5.11 Å². The lowest BCUT2D eigenvalue weighted by Gasteiger charge is -1.96. The fourth-order valence-electron chi connectivity index (χ4n) is 1.15. The van der Waals surface area contributed by atoms with Crippen molar-refractivity contribution in [2.75, 3.05) is 6.61 Å². The van der Waals surface area contributed by atoms with Crippen molar-refractivity contribution in [2.45, 2.75) is 6.92 Å². The lowest BCUT2D eigenvalue weighted by atomic mass is 10.1. The van der Waals surface area contributed by atoms with Crippen LogP contribution in [0.3, 0.4) is 0 Å². The van der Waals surface area contributed by atoms with E-state index in [0.29, 0.717) is 5.56 Å². The molecule has 0 aliphatic carbocycles. The summed E-state index contributed by atoms with van der Waals surface area (Å²) in [5.41, 5.74) is 1.48. The third-order valence-corrected chi connectivity index (χ3v) is 2.06. The van der Waals surface area contributed by atoms with Crippen LogP contribution in [0.4, 0.5) is 4.39 Å². The molecule has 0 bridgehead atoms. The molecule has 0 aliphatic heterocycles. The van der Waals surface area contributed by atoms with Crippen molar-refractivity contribution in [2.24, 2.45) is 0 Å². The Hall–Kier alpha value is -1.67. The molecule has 0 saturated carbocycles. The van der Waals surface area contributed by atoms with Crippen molar-refractivity contribution in [1.82, 2.24) is 0 Å². The number of hydrogen-bond acceptors (Lipinski definition) is 1. The largest absolute Gasteiger partial charge is 0.392 e. The predicted octanol–water partition coefficient (Wildman–Crippen LogP) is 3.25. The van der Waals surface area contributed by atoms with Crippen LogP contribution in [0.5, 0.6) is 0 Å². The molecule has 16 heavy (non-hydrogen) atoms. The number of rotatable bonds is 4. The summed E-state index contributed by atoms with van der Waals surface area (Å²) in [6, 6.07) is 5.12. The lowest BCUT2D eigenvalue weighted by molar-refractivity contribution is 0.343. The fourth-order valence-corrected chi connectivity index (χ4v) is 1.15. The SMILES string of the molecule is Cc1ccc(C=C/C=C/C=C/CO)cc1F. The van der Waals surface area contributed by atoms with Crippen LogP contribution >= 0.6 is 0 Å². The van der Waals surface area contributed by atoms with Crippen molar-refractivity contribution < 1.29 is 9.50 Å². The van der Waals surface area contributed by atoms with E-state index in [1.165, 1.54) is 6.07 Å². The van der Waals surface area contributed by atoms with E-state index in [1.807, 2.05) is 24.3 Å². The van der Waals surface area contributed by atoms with Crippen LogP contribution in [-0.4, -0.2) is 11.7 Å². The van der Waals surface area contributed by atoms with Gasteiger partial charge >= 0.3 is 0 Å². The monoisotopic (exact) mass is 218 g/mol. The van der Waals surface area contributed by atoms with Crippen LogP contribution in [0.25, 0.3) is 6.08 Å². The molecule has 1 aromatic rings.